The van der Waals surface area contributed by atoms with Gasteiger partial charge >= 0.3 is 0 Å². The van der Waals surface area contributed by atoms with Gasteiger partial charge in [0.15, 0.2) is 5.96 Å². The molecule has 0 fully saturated rings. The van der Waals surface area contributed by atoms with Crippen LogP contribution in [0.2, 0.25) is 0 Å². The SMILES string of the molecule is COc1ccnc(-c2ccc(C)c(N=C(N)N)c2)c1. The highest BCUT2D eigenvalue weighted by Crippen LogP contribution is 2.27. The van der Waals surface area contributed by atoms with E-state index < -0.39 is 0 Å². The van der Waals surface area contributed by atoms with Crippen molar-refractivity contribution < 1.29 is 4.74 Å². The quantitative estimate of drug-likeness (QED) is 0.649. The lowest BCUT2D eigenvalue weighted by Gasteiger charge is -2.07. The van der Waals surface area contributed by atoms with E-state index in [1.165, 1.54) is 0 Å². The number of aryl methyl sites for hydroxylation is 1. The van der Waals surface area contributed by atoms with Crippen molar-refractivity contribution in [3.63, 3.8) is 0 Å². The molecule has 0 spiro atoms. The second-order valence-corrected chi connectivity index (χ2v) is 4.12. The van der Waals surface area contributed by atoms with Crippen molar-refractivity contribution in [1.29, 1.82) is 0 Å². The number of aliphatic imine (C=N–C) groups is 1. The van der Waals surface area contributed by atoms with E-state index in [-0.39, 0.29) is 5.96 Å². The van der Waals surface area contributed by atoms with Crippen LogP contribution < -0.4 is 16.2 Å². The molecule has 1 aromatic carbocycles. The molecule has 0 saturated carbocycles. The molecule has 0 unspecified atom stereocenters. The lowest BCUT2D eigenvalue weighted by Crippen LogP contribution is -2.22. The standard InChI is InChI=1S/C14H16N4O/c1-9-3-4-10(7-12(9)18-14(15)16)13-8-11(19-2)5-6-17-13/h3-8H,1-2H3,(H4,15,16,18). The number of rotatable bonds is 3. The van der Waals surface area contributed by atoms with Crippen LogP contribution in [0.3, 0.4) is 0 Å². The fraction of sp³-hybridized carbons (Fsp3) is 0.143. The van der Waals surface area contributed by atoms with Crippen LogP contribution in [0.1, 0.15) is 5.56 Å². The smallest absolute Gasteiger partial charge is 0.191 e. The van der Waals surface area contributed by atoms with Crippen molar-refractivity contribution in [1.82, 2.24) is 4.98 Å². The number of methoxy groups -OCH3 is 1. The molecule has 0 aliphatic carbocycles. The van der Waals surface area contributed by atoms with Crippen molar-refractivity contribution in [3.8, 4) is 17.0 Å². The average molecular weight is 256 g/mol. The van der Waals surface area contributed by atoms with Gasteiger partial charge in [0.25, 0.3) is 0 Å². The molecule has 0 saturated heterocycles. The minimum absolute atomic E-state index is 0.0406. The Morgan fingerprint density at radius 1 is 1.21 bits per heavy atom. The van der Waals surface area contributed by atoms with E-state index in [2.05, 4.69) is 9.98 Å². The first-order chi connectivity index (χ1) is 9.10. The van der Waals surface area contributed by atoms with Crippen LogP contribution in [0.4, 0.5) is 5.69 Å². The zero-order valence-electron chi connectivity index (χ0n) is 10.9. The minimum atomic E-state index is 0.0406. The third kappa shape index (κ3) is 3.01. The Morgan fingerprint density at radius 3 is 2.68 bits per heavy atom. The largest absolute Gasteiger partial charge is 0.497 e. The first kappa shape index (κ1) is 12.9. The van der Waals surface area contributed by atoms with Crippen molar-refractivity contribution in [2.75, 3.05) is 7.11 Å². The summed E-state index contributed by atoms with van der Waals surface area (Å²) >= 11 is 0. The molecule has 0 bridgehead atoms. The van der Waals surface area contributed by atoms with Crippen molar-refractivity contribution in [2.24, 2.45) is 16.5 Å². The second-order valence-electron chi connectivity index (χ2n) is 4.12. The van der Waals surface area contributed by atoms with Crippen LogP contribution in [0.15, 0.2) is 41.5 Å². The molecule has 98 valence electrons. The first-order valence-corrected chi connectivity index (χ1v) is 5.81. The van der Waals surface area contributed by atoms with Crippen LogP contribution in [0.5, 0.6) is 5.75 Å². The van der Waals surface area contributed by atoms with Gasteiger partial charge in [0.2, 0.25) is 0 Å². The van der Waals surface area contributed by atoms with E-state index in [1.807, 2.05) is 31.2 Å². The summed E-state index contributed by atoms with van der Waals surface area (Å²) in [5.74, 6) is 0.799. The molecule has 0 radical (unpaired) electrons. The Balaban J connectivity index is 2.48. The van der Waals surface area contributed by atoms with E-state index in [0.29, 0.717) is 0 Å². The zero-order valence-corrected chi connectivity index (χ0v) is 10.9. The molecule has 0 atom stereocenters. The van der Waals surface area contributed by atoms with Crippen LogP contribution in [-0.2, 0) is 0 Å². The highest BCUT2D eigenvalue weighted by atomic mass is 16.5. The van der Waals surface area contributed by atoms with E-state index >= 15 is 0 Å². The molecule has 0 aliphatic rings. The average Bonchev–Trinajstić information content (AvgIpc) is 2.41. The molecule has 0 amide bonds. The van der Waals surface area contributed by atoms with Gasteiger partial charge in [-0.2, -0.15) is 0 Å². The lowest BCUT2D eigenvalue weighted by atomic mass is 10.1. The summed E-state index contributed by atoms with van der Waals surface area (Å²) < 4.78 is 5.19. The van der Waals surface area contributed by atoms with Crippen molar-refractivity contribution >= 4 is 11.6 Å². The van der Waals surface area contributed by atoms with E-state index in [9.17, 15) is 0 Å². The number of hydrogen-bond donors (Lipinski definition) is 2. The molecule has 4 N–H and O–H groups in total. The van der Waals surface area contributed by atoms with Gasteiger partial charge in [0.1, 0.15) is 5.75 Å². The van der Waals surface area contributed by atoms with Gasteiger partial charge in [-0.25, -0.2) is 4.99 Å². The highest BCUT2D eigenvalue weighted by molar-refractivity contribution is 5.80. The number of aromatic nitrogens is 1. The molecular formula is C14H16N4O. The molecule has 1 heterocycles. The van der Waals surface area contributed by atoms with Crippen LogP contribution in [0, 0.1) is 6.92 Å². The number of pyridine rings is 1. The van der Waals surface area contributed by atoms with Gasteiger partial charge in [-0.1, -0.05) is 12.1 Å². The number of ether oxygens (including phenoxy) is 1. The normalized spacial score (nSPS) is 10.0. The summed E-state index contributed by atoms with van der Waals surface area (Å²) in [5.41, 5.74) is 14.3. The van der Waals surface area contributed by atoms with Gasteiger partial charge in [-0.3, -0.25) is 4.98 Å². The Bertz CT molecular complexity index is 619. The molecule has 2 rings (SSSR count). The molecule has 5 nitrogen and oxygen atoms in total. The van der Waals surface area contributed by atoms with E-state index in [1.54, 1.807) is 19.4 Å². The van der Waals surface area contributed by atoms with Crippen LogP contribution in [-0.4, -0.2) is 18.1 Å². The fourth-order valence-electron chi connectivity index (χ4n) is 1.72. The topological polar surface area (TPSA) is 86.5 Å². The third-order valence-electron chi connectivity index (χ3n) is 2.72. The highest BCUT2D eigenvalue weighted by Gasteiger charge is 2.04. The molecular weight excluding hydrogens is 240 g/mol. The van der Waals surface area contributed by atoms with Gasteiger partial charge in [-0.05, 0) is 24.6 Å². The summed E-state index contributed by atoms with van der Waals surface area (Å²) in [4.78, 5) is 8.42. The molecule has 5 heteroatoms. The van der Waals surface area contributed by atoms with Gasteiger partial charge in [0.05, 0.1) is 18.5 Å². The van der Waals surface area contributed by atoms with Gasteiger partial charge in [0, 0.05) is 17.8 Å². The fourth-order valence-corrected chi connectivity index (χ4v) is 1.72. The predicted molar refractivity (Wildman–Crippen MR) is 76.4 cm³/mol. The van der Waals surface area contributed by atoms with E-state index in [0.717, 1.165) is 28.3 Å². The Kier molecular flexibility index (Phi) is 3.66. The third-order valence-corrected chi connectivity index (χ3v) is 2.72. The maximum Gasteiger partial charge on any atom is 0.191 e. The monoisotopic (exact) mass is 256 g/mol. The molecule has 0 aliphatic heterocycles. The molecule has 2 aromatic rings. The summed E-state index contributed by atoms with van der Waals surface area (Å²) in [6.45, 7) is 1.95. The van der Waals surface area contributed by atoms with Crippen LogP contribution >= 0.6 is 0 Å². The maximum absolute atomic E-state index is 5.42. The summed E-state index contributed by atoms with van der Waals surface area (Å²) in [5, 5.41) is 0. The van der Waals surface area contributed by atoms with Gasteiger partial charge < -0.3 is 16.2 Å². The first-order valence-electron chi connectivity index (χ1n) is 5.81. The summed E-state index contributed by atoms with van der Waals surface area (Å²) in [7, 11) is 1.62. The van der Waals surface area contributed by atoms with Gasteiger partial charge in [-0.15, -0.1) is 0 Å². The number of hydrogen-bond acceptors (Lipinski definition) is 3. The number of nitrogens with two attached hydrogens (primary N) is 2. The molecule has 19 heavy (non-hydrogen) atoms. The minimum Gasteiger partial charge on any atom is -0.497 e. The zero-order chi connectivity index (χ0) is 13.8. The number of nitrogens with zero attached hydrogens (tertiary/aromatic N) is 2. The Hall–Kier alpha value is -2.56. The summed E-state index contributed by atoms with van der Waals surface area (Å²) in [6.07, 6.45) is 1.70. The molecule has 1 aromatic heterocycles. The number of benzene rings is 1. The maximum atomic E-state index is 5.42. The number of guanidine groups is 1. The lowest BCUT2D eigenvalue weighted by molar-refractivity contribution is 0.414. The Morgan fingerprint density at radius 2 is 2.00 bits per heavy atom. The van der Waals surface area contributed by atoms with Crippen molar-refractivity contribution in [2.45, 2.75) is 6.92 Å². The summed E-state index contributed by atoms with van der Waals surface area (Å²) in [6, 6.07) is 9.50. The second kappa shape index (κ2) is 5.39. The predicted octanol–water partition coefficient (Wildman–Crippen LogP) is 1.97. The van der Waals surface area contributed by atoms with Crippen molar-refractivity contribution in [3.05, 3.63) is 42.1 Å². The Labute approximate surface area is 111 Å². The van der Waals surface area contributed by atoms with Crippen LogP contribution in [0.25, 0.3) is 11.3 Å². The van der Waals surface area contributed by atoms with E-state index in [4.69, 9.17) is 16.2 Å².